The third kappa shape index (κ3) is 5.06. The first-order chi connectivity index (χ1) is 13.8. The van der Waals surface area contributed by atoms with E-state index in [1.165, 1.54) is 5.56 Å². The van der Waals surface area contributed by atoms with Gasteiger partial charge in [-0.2, -0.15) is 13.2 Å². The quantitative estimate of drug-likeness (QED) is 0.708. The Morgan fingerprint density at radius 3 is 2.55 bits per heavy atom. The minimum absolute atomic E-state index is 0.0856. The fraction of sp³-hybridized carbons (Fsp3) is 0.381. The number of hydrogen-bond donors (Lipinski definition) is 1. The zero-order valence-corrected chi connectivity index (χ0v) is 16.0. The number of halogens is 4. The fourth-order valence-corrected chi connectivity index (χ4v) is 3.65. The van der Waals surface area contributed by atoms with E-state index in [4.69, 9.17) is 0 Å². The van der Waals surface area contributed by atoms with E-state index in [1.54, 1.807) is 11.8 Å². The van der Waals surface area contributed by atoms with Gasteiger partial charge in [-0.3, -0.25) is 4.90 Å². The molecule has 1 fully saturated rings. The summed E-state index contributed by atoms with van der Waals surface area (Å²) in [6.07, 6.45) is -4.07. The van der Waals surface area contributed by atoms with Gasteiger partial charge in [0.1, 0.15) is 0 Å². The molecule has 2 aromatic carbocycles. The molecule has 1 atom stereocenters. The van der Waals surface area contributed by atoms with Crippen LogP contribution in [0, 0.1) is 5.82 Å². The normalized spacial score (nSPS) is 17.3. The molecule has 1 aliphatic rings. The summed E-state index contributed by atoms with van der Waals surface area (Å²) >= 11 is 0. The Balaban J connectivity index is 1.66. The van der Waals surface area contributed by atoms with E-state index in [0.29, 0.717) is 19.2 Å². The molecule has 1 N–H and O–H groups in total. The van der Waals surface area contributed by atoms with Gasteiger partial charge in [0, 0.05) is 32.2 Å². The van der Waals surface area contributed by atoms with Crippen LogP contribution in [0.2, 0.25) is 0 Å². The number of amides is 2. The number of urea groups is 1. The largest absolute Gasteiger partial charge is 0.419 e. The number of benzene rings is 2. The van der Waals surface area contributed by atoms with E-state index in [-0.39, 0.29) is 6.04 Å². The number of rotatable bonds is 5. The van der Waals surface area contributed by atoms with Gasteiger partial charge in [-0.1, -0.05) is 36.4 Å². The molecule has 0 spiro atoms. The molecule has 1 aliphatic heterocycles. The lowest BCUT2D eigenvalue weighted by Gasteiger charge is -2.28. The van der Waals surface area contributed by atoms with Crippen molar-refractivity contribution in [2.75, 3.05) is 25.0 Å². The number of alkyl halides is 3. The van der Waals surface area contributed by atoms with Crippen molar-refractivity contribution in [1.82, 2.24) is 9.80 Å². The number of carbonyl (C=O) groups excluding carboxylic acids is 1. The Morgan fingerprint density at radius 2 is 1.90 bits per heavy atom. The van der Waals surface area contributed by atoms with E-state index >= 15 is 0 Å². The number of nitrogens with zero attached hydrogens (tertiary/aromatic N) is 2. The standard InChI is InChI=1S/C21H23F4N3O/c1-2-28(16-11-12-27(14-16)13-15-7-4-3-5-8-15)20(29)26-18-10-6-9-17(19(18)22)21(23,24)25/h3-10,16H,2,11-14H2,1H3,(H,26,29). The molecule has 1 heterocycles. The highest BCUT2D eigenvalue weighted by molar-refractivity contribution is 5.89. The third-order valence-corrected chi connectivity index (χ3v) is 5.08. The summed E-state index contributed by atoms with van der Waals surface area (Å²) < 4.78 is 52.9. The van der Waals surface area contributed by atoms with E-state index in [9.17, 15) is 22.4 Å². The Bertz CT molecular complexity index is 842. The summed E-state index contributed by atoms with van der Waals surface area (Å²) in [6, 6.07) is 12.1. The summed E-state index contributed by atoms with van der Waals surface area (Å²) in [5.41, 5.74) is -0.692. The highest BCUT2D eigenvalue weighted by atomic mass is 19.4. The van der Waals surface area contributed by atoms with E-state index in [0.717, 1.165) is 31.6 Å². The van der Waals surface area contributed by atoms with Gasteiger partial charge in [-0.05, 0) is 31.0 Å². The van der Waals surface area contributed by atoms with Crippen LogP contribution in [-0.2, 0) is 12.7 Å². The fourth-order valence-electron chi connectivity index (χ4n) is 3.65. The van der Waals surface area contributed by atoms with Crippen LogP contribution < -0.4 is 5.32 Å². The molecule has 0 aliphatic carbocycles. The molecular formula is C21H23F4N3O. The van der Waals surface area contributed by atoms with Gasteiger partial charge in [0.05, 0.1) is 11.3 Å². The summed E-state index contributed by atoms with van der Waals surface area (Å²) in [5, 5.41) is 2.31. The van der Waals surface area contributed by atoms with Crippen molar-refractivity contribution in [3.63, 3.8) is 0 Å². The van der Waals surface area contributed by atoms with Crippen molar-refractivity contribution in [3.8, 4) is 0 Å². The molecule has 1 unspecified atom stereocenters. The van der Waals surface area contributed by atoms with E-state index < -0.39 is 29.3 Å². The monoisotopic (exact) mass is 409 g/mol. The van der Waals surface area contributed by atoms with Crippen molar-refractivity contribution in [3.05, 3.63) is 65.5 Å². The average Bonchev–Trinajstić information content (AvgIpc) is 3.12. The summed E-state index contributed by atoms with van der Waals surface area (Å²) in [5.74, 6) is -1.47. The molecule has 0 aromatic heterocycles. The second-order valence-corrected chi connectivity index (χ2v) is 7.04. The number of anilines is 1. The summed E-state index contributed by atoms with van der Waals surface area (Å²) in [7, 11) is 0. The smallest absolute Gasteiger partial charge is 0.320 e. The Hall–Kier alpha value is -2.61. The predicted molar refractivity (Wildman–Crippen MR) is 103 cm³/mol. The number of nitrogens with one attached hydrogen (secondary N) is 1. The molecule has 4 nitrogen and oxygen atoms in total. The zero-order valence-electron chi connectivity index (χ0n) is 16.0. The maximum atomic E-state index is 14.2. The number of hydrogen-bond acceptors (Lipinski definition) is 2. The first-order valence-corrected chi connectivity index (χ1v) is 9.49. The lowest BCUT2D eigenvalue weighted by atomic mass is 10.1. The Labute approximate surface area is 167 Å². The molecule has 0 radical (unpaired) electrons. The molecule has 1 saturated heterocycles. The molecule has 2 aromatic rings. The van der Waals surface area contributed by atoms with Crippen LogP contribution in [0.15, 0.2) is 48.5 Å². The predicted octanol–water partition coefficient (Wildman–Crippen LogP) is 4.97. The molecule has 29 heavy (non-hydrogen) atoms. The van der Waals surface area contributed by atoms with Crippen LogP contribution in [0.4, 0.5) is 28.0 Å². The van der Waals surface area contributed by atoms with Gasteiger partial charge < -0.3 is 10.2 Å². The van der Waals surface area contributed by atoms with E-state index in [1.807, 2.05) is 30.3 Å². The summed E-state index contributed by atoms with van der Waals surface area (Å²) in [4.78, 5) is 16.4. The summed E-state index contributed by atoms with van der Waals surface area (Å²) in [6.45, 7) is 4.39. The SMILES string of the molecule is CCN(C(=O)Nc1cccc(C(F)(F)F)c1F)C1CCN(Cc2ccccc2)C1. The van der Waals surface area contributed by atoms with Gasteiger partial charge in [-0.15, -0.1) is 0 Å². The number of carbonyl (C=O) groups is 1. The van der Waals surface area contributed by atoms with Gasteiger partial charge in [-0.25, -0.2) is 9.18 Å². The highest BCUT2D eigenvalue weighted by Gasteiger charge is 2.36. The molecule has 8 heteroatoms. The molecule has 2 amide bonds. The minimum Gasteiger partial charge on any atom is -0.320 e. The number of likely N-dealkylation sites (tertiary alicyclic amines) is 1. The molecule has 156 valence electrons. The van der Waals surface area contributed by atoms with Gasteiger partial charge in [0.15, 0.2) is 5.82 Å². The van der Waals surface area contributed by atoms with Gasteiger partial charge >= 0.3 is 12.2 Å². The van der Waals surface area contributed by atoms with E-state index in [2.05, 4.69) is 10.2 Å². The van der Waals surface area contributed by atoms with Gasteiger partial charge in [0.25, 0.3) is 0 Å². The third-order valence-electron chi connectivity index (χ3n) is 5.08. The molecule has 3 rings (SSSR count). The van der Waals surface area contributed by atoms with Crippen molar-refractivity contribution in [2.45, 2.75) is 32.1 Å². The van der Waals surface area contributed by atoms with Crippen molar-refractivity contribution in [2.24, 2.45) is 0 Å². The molecule has 0 bridgehead atoms. The maximum absolute atomic E-state index is 14.2. The van der Waals surface area contributed by atoms with Crippen LogP contribution >= 0.6 is 0 Å². The van der Waals surface area contributed by atoms with Crippen LogP contribution in [0.5, 0.6) is 0 Å². The lowest BCUT2D eigenvalue weighted by molar-refractivity contribution is -0.139. The lowest BCUT2D eigenvalue weighted by Crippen LogP contribution is -2.44. The maximum Gasteiger partial charge on any atom is 0.419 e. The Kier molecular flexibility index (Phi) is 6.42. The van der Waals surface area contributed by atoms with Crippen molar-refractivity contribution < 1.29 is 22.4 Å². The first-order valence-electron chi connectivity index (χ1n) is 9.49. The van der Waals surface area contributed by atoms with Crippen LogP contribution in [0.3, 0.4) is 0 Å². The average molecular weight is 409 g/mol. The zero-order chi connectivity index (χ0) is 21.0. The van der Waals surface area contributed by atoms with Crippen LogP contribution in [0.25, 0.3) is 0 Å². The topological polar surface area (TPSA) is 35.6 Å². The second kappa shape index (κ2) is 8.82. The second-order valence-electron chi connectivity index (χ2n) is 7.04. The minimum atomic E-state index is -4.82. The van der Waals surface area contributed by atoms with Crippen LogP contribution in [-0.4, -0.2) is 41.5 Å². The van der Waals surface area contributed by atoms with Crippen LogP contribution in [0.1, 0.15) is 24.5 Å². The first kappa shape index (κ1) is 21.1. The molecule has 0 saturated carbocycles. The van der Waals surface area contributed by atoms with Gasteiger partial charge in [0.2, 0.25) is 0 Å². The Morgan fingerprint density at radius 1 is 1.17 bits per heavy atom. The highest BCUT2D eigenvalue weighted by Crippen LogP contribution is 2.34. The van der Waals surface area contributed by atoms with Crippen molar-refractivity contribution in [1.29, 1.82) is 0 Å². The van der Waals surface area contributed by atoms with Crippen molar-refractivity contribution >= 4 is 11.7 Å². The molecular weight excluding hydrogens is 386 g/mol. The number of likely N-dealkylation sites (N-methyl/N-ethyl adjacent to an activating group) is 1.